The number of esters is 1. The zero-order valence-electron chi connectivity index (χ0n) is 17.8. The average molecular weight is 405 g/mol. The molecule has 0 radical (unpaired) electrons. The summed E-state index contributed by atoms with van der Waals surface area (Å²) in [5.74, 6) is 0.278. The van der Waals surface area contributed by atoms with Gasteiger partial charge in [0, 0.05) is 32.1 Å². The number of piperazine rings is 1. The number of amides is 1. The Hall–Kier alpha value is -1.01. The highest BCUT2D eigenvalue weighted by Gasteiger charge is 2.28. The molecule has 158 valence electrons. The Morgan fingerprint density at radius 1 is 0.926 bits per heavy atom. The van der Waals surface area contributed by atoms with Crippen LogP contribution < -0.4 is 0 Å². The summed E-state index contributed by atoms with van der Waals surface area (Å²) < 4.78 is 11.0. The normalized spacial score (nSPS) is 17.5. The largest absolute Gasteiger partial charge is 0.460 e. The van der Waals surface area contributed by atoms with Gasteiger partial charge in [0.25, 0.3) is 0 Å². The van der Waals surface area contributed by atoms with Crippen LogP contribution in [0.4, 0.5) is 4.79 Å². The second kappa shape index (κ2) is 10.5. The van der Waals surface area contributed by atoms with E-state index < -0.39 is 11.2 Å². The van der Waals surface area contributed by atoms with Crippen LogP contribution in [0.1, 0.15) is 60.8 Å². The van der Waals surface area contributed by atoms with Crippen LogP contribution in [-0.4, -0.2) is 71.7 Å². The molecule has 0 aliphatic carbocycles. The fourth-order valence-corrected chi connectivity index (χ4v) is 3.06. The number of rotatable bonds is 7. The van der Waals surface area contributed by atoms with Crippen LogP contribution in [0.3, 0.4) is 0 Å². The highest BCUT2D eigenvalue weighted by molar-refractivity contribution is 6.17. The predicted octanol–water partition coefficient (Wildman–Crippen LogP) is 3.91. The van der Waals surface area contributed by atoms with Gasteiger partial charge in [0.05, 0.1) is 5.92 Å². The van der Waals surface area contributed by atoms with E-state index in [0.29, 0.717) is 19.0 Å². The van der Waals surface area contributed by atoms with E-state index in [1.807, 2.05) is 41.5 Å². The average Bonchev–Trinajstić information content (AvgIpc) is 2.52. The number of nitrogens with zero attached hydrogens (tertiary/aromatic N) is 2. The molecule has 1 fully saturated rings. The molecule has 0 bridgehead atoms. The summed E-state index contributed by atoms with van der Waals surface area (Å²) in [4.78, 5) is 28.6. The lowest BCUT2D eigenvalue weighted by Crippen LogP contribution is -2.50. The third kappa shape index (κ3) is 10.2. The van der Waals surface area contributed by atoms with Gasteiger partial charge in [-0.3, -0.25) is 9.69 Å². The Morgan fingerprint density at radius 3 is 1.96 bits per heavy atom. The van der Waals surface area contributed by atoms with Crippen molar-refractivity contribution in [3.8, 4) is 0 Å². The zero-order chi connectivity index (χ0) is 20.7. The van der Waals surface area contributed by atoms with Crippen molar-refractivity contribution in [3.05, 3.63) is 0 Å². The van der Waals surface area contributed by atoms with Crippen molar-refractivity contribution in [1.82, 2.24) is 9.80 Å². The molecule has 0 spiro atoms. The van der Waals surface area contributed by atoms with Crippen LogP contribution in [0.5, 0.6) is 0 Å². The maximum atomic E-state index is 12.5. The van der Waals surface area contributed by atoms with Gasteiger partial charge in [0.15, 0.2) is 0 Å². The summed E-state index contributed by atoms with van der Waals surface area (Å²) in [7, 11) is 0. The number of hydrogen-bond acceptors (Lipinski definition) is 5. The number of alkyl halides is 1. The Labute approximate surface area is 169 Å². The Kier molecular flexibility index (Phi) is 9.35. The smallest absolute Gasteiger partial charge is 0.410 e. The Bertz CT molecular complexity index is 477. The van der Waals surface area contributed by atoms with Crippen molar-refractivity contribution < 1.29 is 19.1 Å². The Balaban J connectivity index is 2.46. The first kappa shape index (κ1) is 24.0. The van der Waals surface area contributed by atoms with Gasteiger partial charge in [-0.25, -0.2) is 4.79 Å². The minimum Gasteiger partial charge on any atom is -0.460 e. The molecule has 0 N–H and O–H groups in total. The summed E-state index contributed by atoms with van der Waals surface area (Å²) in [5, 5.41) is 0. The van der Waals surface area contributed by atoms with Crippen LogP contribution >= 0.6 is 11.6 Å². The fourth-order valence-electron chi connectivity index (χ4n) is 2.91. The third-order valence-electron chi connectivity index (χ3n) is 4.24. The molecule has 1 aliphatic rings. The van der Waals surface area contributed by atoms with E-state index in [9.17, 15) is 9.59 Å². The van der Waals surface area contributed by atoms with Crippen molar-refractivity contribution in [2.45, 2.75) is 72.0 Å². The molecule has 6 nitrogen and oxygen atoms in total. The quantitative estimate of drug-likeness (QED) is 0.475. The summed E-state index contributed by atoms with van der Waals surface area (Å²) in [5.41, 5.74) is -0.952. The Morgan fingerprint density at radius 2 is 1.48 bits per heavy atom. The standard InChI is InChI=1S/C20H37ClN2O4/c1-19(2,3)26-17(24)16(8-7-10-21)9-11-22-12-14-23(15-13-22)18(25)27-20(4,5)6/h16H,7-15H2,1-6H3/t16-/m0/s1. The highest BCUT2D eigenvalue weighted by Crippen LogP contribution is 2.20. The molecule has 7 heteroatoms. The van der Waals surface area contributed by atoms with Gasteiger partial charge >= 0.3 is 12.1 Å². The van der Waals surface area contributed by atoms with Gasteiger partial charge in [-0.15, -0.1) is 11.6 Å². The van der Waals surface area contributed by atoms with Crippen LogP contribution in [0.2, 0.25) is 0 Å². The molecule has 1 saturated heterocycles. The van der Waals surface area contributed by atoms with Gasteiger partial charge in [-0.05, 0) is 67.3 Å². The molecule has 0 aromatic heterocycles. The van der Waals surface area contributed by atoms with Crippen molar-refractivity contribution in [2.24, 2.45) is 5.92 Å². The first-order chi connectivity index (χ1) is 12.4. The molecule has 0 saturated carbocycles. The summed E-state index contributed by atoms with van der Waals surface area (Å²) in [6, 6.07) is 0. The highest BCUT2D eigenvalue weighted by atomic mass is 35.5. The van der Waals surface area contributed by atoms with E-state index in [1.54, 1.807) is 4.90 Å². The molecular formula is C20H37ClN2O4. The molecule has 1 rings (SSSR count). The number of hydrogen-bond donors (Lipinski definition) is 0. The van der Waals surface area contributed by atoms with E-state index >= 15 is 0 Å². The van der Waals surface area contributed by atoms with Gasteiger partial charge in [-0.1, -0.05) is 0 Å². The monoisotopic (exact) mass is 404 g/mol. The molecule has 0 aromatic carbocycles. The lowest BCUT2D eigenvalue weighted by molar-refractivity contribution is -0.160. The van der Waals surface area contributed by atoms with Crippen molar-refractivity contribution in [3.63, 3.8) is 0 Å². The lowest BCUT2D eigenvalue weighted by Gasteiger charge is -2.36. The van der Waals surface area contributed by atoms with Crippen molar-refractivity contribution >= 4 is 23.7 Å². The zero-order valence-corrected chi connectivity index (χ0v) is 18.6. The molecule has 0 aromatic rings. The van der Waals surface area contributed by atoms with Gasteiger partial charge in [-0.2, -0.15) is 0 Å². The van der Waals surface area contributed by atoms with E-state index in [-0.39, 0.29) is 18.0 Å². The molecule has 1 heterocycles. The van der Waals surface area contributed by atoms with Gasteiger partial charge in [0.1, 0.15) is 11.2 Å². The maximum Gasteiger partial charge on any atom is 0.410 e. The summed E-state index contributed by atoms with van der Waals surface area (Å²) in [6.45, 7) is 15.0. The van der Waals surface area contributed by atoms with Crippen LogP contribution in [0.15, 0.2) is 0 Å². The topological polar surface area (TPSA) is 59.1 Å². The summed E-state index contributed by atoms with van der Waals surface area (Å²) in [6.07, 6.45) is 2.04. The number of carbonyl (C=O) groups excluding carboxylic acids is 2. The van der Waals surface area contributed by atoms with E-state index in [2.05, 4.69) is 4.90 Å². The second-order valence-corrected chi connectivity index (χ2v) is 9.54. The minimum atomic E-state index is -0.477. The number of halogens is 1. The molecule has 1 atom stereocenters. The summed E-state index contributed by atoms with van der Waals surface area (Å²) >= 11 is 5.81. The molecule has 1 aliphatic heterocycles. The lowest BCUT2D eigenvalue weighted by atomic mass is 9.99. The van der Waals surface area contributed by atoms with Crippen LogP contribution in [-0.2, 0) is 14.3 Å². The minimum absolute atomic E-state index is 0.133. The van der Waals surface area contributed by atoms with Crippen molar-refractivity contribution in [2.75, 3.05) is 38.6 Å². The van der Waals surface area contributed by atoms with Gasteiger partial charge < -0.3 is 14.4 Å². The van der Waals surface area contributed by atoms with Crippen LogP contribution in [0, 0.1) is 5.92 Å². The van der Waals surface area contributed by atoms with E-state index in [0.717, 1.165) is 38.9 Å². The van der Waals surface area contributed by atoms with Crippen LogP contribution in [0.25, 0.3) is 0 Å². The number of carbonyl (C=O) groups is 2. The van der Waals surface area contributed by atoms with E-state index in [4.69, 9.17) is 21.1 Å². The SMILES string of the molecule is CC(C)(C)OC(=O)[C@@H](CCCCl)CCN1CCN(C(=O)OC(C)(C)C)CC1. The number of ether oxygens (including phenoxy) is 2. The third-order valence-corrected chi connectivity index (χ3v) is 4.51. The van der Waals surface area contributed by atoms with E-state index in [1.165, 1.54) is 0 Å². The molecule has 0 unspecified atom stereocenters. The first-order valence-electron chi connectivity index (χ1n) is 9.90. The van der Waals surface area contributed by atoms with Crippen molar-refractivity contribution in [1.29, 1.82) is 0 Å². The maximum absolute atomic E-state index is 12.5. The molecular weight excluding hydrogens is 368 g/mol. The fraction of sp³-hybridized carbons (Fsp3) is 0.900. The van der Waals surface area contributed by atoms with Gasteiger partial charge in [0.2, 0.25) is 0 Å². The molecule has 1 amide bonds. The predicted molar refractivity (Wildman–Crippen MR) is 108 cm³/mol. The second-order valence-electron chi connectivity index (χ2n) is 9.16. The first-order valence-corrected chi connectivity index (χ1v) is 10.4. The molecule has 27 heavy (non-hydrogen) atoms.